The molecule has 0 unspecified atom stereocenters. The van der Waals surface area contributed by atoms with Crippen LogP contribution in [0.2, 0.25) is 0 Å². The van der Waals surface area contributed by atoms with Crippen molar-refractivity contribution in [1.29, 1.82) is 0 Å². The smallest absolute Gasteiger partial charge is 0.435 e. The molecule has 0 aromatic carbocycles. The first-order valence-corrected chi connectivity index (χ1v) is 6.77. The first-order valence-electron chi connectivity index (χ1n) is 5.65. The second-order valence-electron chi connectivity index (χ2n) is 5.05. The van der Waals surface area contributed by atoms with Crippen LogP contribution in [0.3, 0.4) is 0 Å². The second kappa shape index (κ2) is 5.87. The molecular formula is C11H14BrF5N2O. The maximum atomic E-state index is 12.9. The molecule has 20 heavy (non-hydrogen) atoms. The number of alkyl halides is 6. The Morgan fingerprint density at radius 2 is 1.80 bits per heavy atom. The Hall–Kier alpha value is -0.860. The summed E-state index contributed by atoms with van der Waals surface area (Å²) in [4.78, 5) is 0. The molecule has 0 spiro atoms. The number of nitrogens with zero attached hydrogens (tertiary/aromatic N) is 2. The van der Waals surface area contributed by atoms with Crippen molar-refractivity contribution in [3.05, 3.63) is 11.3 Å². The quantitative estimate of drug-likeness (QED) is 0.591. The molecule has 1 rings (SSSR count). The number of aromatic nitrogens is 2. The average Bonchev–Trinajstić information content (AvgIpc) is 2.63. The molecule has 0 fully saturated rings. The van der Waals surface area contributed by atoms with Gasteiger partial charge in [-0.25, -0.2) is 13.5 Å². The van der Waals surface area contributed by atoms with Crippen LogP contribution in [0.15, 0.2) is 0 Å². The predicted molar refractivity (Wildman–Crippen MR) is 66.4 cm³/mol. The van der Waals surface area contributed by atoms with Gasteiger partial charge in [0.25, 0.3) is 6.43 Å². The van der Waals surface area contributed by atoms with Crippen LogP contribution < -0.4 is 4.74 Å². The molecule has 0 atom stereocenters. The van der Waals surface area contributed by atoms with Gasteiger partial charge in [0.2, 0.25) is 5.88 Å². The molecule has 1 aromatic heterocycles. The average molecular weight is 365 g/mol. The summed E-state index contributed by atoms with van der Waals surface area (Å²) in [5.41, 5.74) is -2.25. The van der Waals surface area contributed by atoms with Gasteiger partial charge < -0.3 is 4.74 Å². The van der Waals surface area contributed by atoms with E-state index in [1.807, 2.05) is 0 Å². The number of hydrogen-bond donors (Lipinski definition) is 0. The number of rotatable bonds is 4. The highest BCUT2D eigenvalue weighted by Gasteiger charge is 2.41. The van der Waals surface area contributed by atoms with Crippen molar-refractivity contribution in [3.8, 4) is 5.88 Å². The van der Waals surface area contributed by atoms with E-state index in [1.54, 1.807) is 20.8 Å². The highest BCUT2D eigenvalue weighted by molar-refractivity contribution is 9.08. The van der Waals surface area contributed by atoms with Crippen LogP contribution in [0.25, 0.3) is 0 Å². The summed E-state index contributed by atoms with van der Waals surface area (Å²) in [5.74, 6) is -0.290. The fourth-order valence-corrected chi connectivity index (χ4v) is 2.03. The summed E-state index contributed by atoms with van der Waals surface area (Å²) in [5, 5.41) is 3.30. The molecule has 0 amide bonds. The van der Waals surface area contributed by atoms with Gasteiger partial charge in [0.05, 0.1) is 11.1 Å². The van der Waals surface area contributed by atoms with Gasteiger partial charge in [-0.05, 0) is 20.8 Å². The molecule has 1 heterocycles. The summed E-state index contributed by atoms with van der Waals surface area (Å²) in [6.07, 6.45) is -7.46. The van der Waals surface area contributed by atoms with E-state index in [4.69, 9.17) is 4.74 Å². The molecule has 0 radical (unpaired) electrons. The standard InChI is InChI=1S/C11H14BrF5N2O/c1-10(2,3)19-9(20-5-7(13)14)6(4-12)8(18-19)11(15,16)17/h7H,4-5H2,1-3H3. The molecule has 0 bridgehead atoms. The topological polar surface area (TPSA) is 27.1 Å². The summed E-state index contributed by atoms with van der Waals surface area (Å²) in [6.45, 7) is 3.83. The van der Waals surface area contributed by atoms with E-state index in [2.05, 4.69) is 21.0 Å². The van der Waals surface area contributed by atoms with Crippen molar-refractivity contribution in [2.45, 2.75) is 44.2 Å². The zero-order valence-electron chi connectivity index (χ0n) is 11.1. The van der Waals surface area contributed by atoms with E-state index in [0.29, 0.717) is 0 Å². The molecule has 0 N–H and O–H groups in total. The van der Waals surface area contributed by atoms with Crippen molar-refractivity contribution in [2.24, 2.45) is 0 Å². The summed E-state index contributed by atoms with van der Waals surface area (Å²) in [6, 6.07) is 0. The largest absolute Gasteiger partial charge is 0.472 e. The SMILES string of the molecule is CC(C)(C)n1nc(C(F)(F)F)c(CBr)c1OCC(F)F. The zero-order chi connectivity index (χ0) is 15.7. The molecule has 0 aliphatic carbocycles. The molecule has 0 aliphatic heterocycles. The number of hydrogen-bond acceptors (Lipinski definition) is 2. The van der Waals surface area contributed by atoms with Gasteiger partial charge in [-0.3, -0.25) is 0 Å². The number of ether oxygens (including phenoxy) is 1. The van der Waals surface area contributed by atoms with Crippen LogP contribution >= 0.6 is 15.9 Å². The Balaban J connectivity index is 3.39. The minimum atomic E-state index is -4.68. The normalized spacial score (nSPS) is 13.1. The van der Waals surface area contributed by atoms with E-state index >= 15 is 0 Å². The van der Waals surface area contributed by atoms with Crippen LogP contribution in [0, 0.1) is 0 Å². The third-order valence-electron chi connectivity index (χ3n) is 2.32. The van der Waals surface area contributed by atoms with Gasteiger partial charge in [-0.2, -0.15) is 18.3 Å². The van der Waals surface area contributed by atoms with E-state index < -0.39 is 30.4 Å². The van der Waals surface area contributed by atoms with Crippen molar-refractivity contribution < 1.29 is 26.7 Å². The van der Waals surface area contributed by atoms with E-state index in [9.17, 15) is 22.0 Å². The Labute approximate surface area is 121 Å². The van der Waals surface area contributed by atoms with Crippen LogP contribution in [0.4, 0.5) is 22.0 Å². The van der Waals surface area contributed by atoms with E-state index in [1.165, 1.54) is 0 Å². The lowest BCUT2D eigenvalue weighted by atomic mass is 10.1. The number of halogens is 6. The van der Waals surface area contributed by atoms with Crippen molar-refractivity contribution >= 4 is 15.9 Å². The fraction of sp³-hybridized carbons (Fsp3) is 0.727. The van der Waals surface area contributed by atoms with Gasteiger partial charge in [-0.1, -0.05) is 15.9 Å². The van der Waals surface area contributed by atoms with Crippen molar-refractivity contribution in [2.75, 3.05) is 6.61 Å². The van der Waals surface area contributed by atoms with Crippen LogP contribution in [0.5, 0.6) is 5.88 Å². The monoisotopic (exact) mass is 364 g/mol. The lowest BCUT2D eigenvalue weighted by Crippen LogP contribution is -2.25. The molecule has 0 aliphatic rings. The Morgan fingerprint density at radius 3 is 2.15 bits per heavy atom. The van der Waals surface area contributed by atoms with Gasteiger partial charge in [0.15, 0.2) is 12.3 Å². The molecule has 116 valence electrons. The van der Waals surface area contributed by atoms with Gasteiger partial charge in [0.1, 0.15) is 0 Å². The van der Waals surface area contributed by atoms with Crippen molar-refractivity contribution in [3.63, 3.8) is 0 Å². The molecular weight excluding hydrogens is 351 g/mol. The Bertz CT molecular complexity index is 465. The highest BCUT2D eigenvalue weighted by atomic mass is 79.9. The molecule has 1 aromatic rings. The molecule has 9 heteroatoms. The summed E-state index contributed by atoms with van der Waals surface area (Å²) >= 11 is 2.92. The van der Waals surface area contributed by atoms with Gasteiger partial charge in [0, 0.05) is 5.33 Å². The third-order valence-corrected chi connectivity index (χ3v) is 2.88. The van der Waals surface area contributed by atoms with Gasteiger partial charge in [-0.15, -0.1) is 0 Å². The van der Waals surface area contributed by atoms with Gasteiger partial charge >= 0.3 is 6.18 Å². The van der Waals surface area contributed by atoms with E-state index in [-0.39, 0.29) is 16.8 Å². The maximum absolute atomic E-state index is 12.9. The molecule has 3 nitrogen and oxygen atoms in total. The first-order chi connectivity index (χ1) is 8.98. The van der Waals surface area contributed by atoms with E-state index in [0.717, 1.165) is 4.68 Å². The maximum Gasteiger partial charge on any atom is 0.435 e. The molecule has 0 saturated carbocycles. The highest BCUT2D eigenvalue weighted by Crippen LogP contribution is 2.39. The minimum absolute atomic E-state index is 0.198. The lowest BCUT2D eigenvalue weighted by Gasteiger charge is -2.22. The second-order valence-corrected chi connectivity index (χ2v) is 5.61. The van der Waals surface area contributed by atoms with Crippen LogP contribution in [0.1, 0.15) is 32.0 Å². The minimum Gasteiger partial charge on any atom is -0.472 e. The third kappa shape index (κ3) is 3.83. The van der Waals surface area contributed by atoms with Crippen molar-refractivity contribution in [1.82, 2.24) is 9.78 Å². The van der Waals surface area contributed by atoms with Crippen LogP contribution in [-0.2, 0) is 17.0 Å². The summed E-state index contributed by atoms with van der Waals surface area (Å²) < 4.78 is 69.0. The molecule has 0 saturated heterocycles. The Morgan fingerprint density at radius 1 is 1.25 bits per heavy atom. The zero-order valence-corrected chi connectivity index (χ0v) is 12.6. The summed E-state index contributed by atoms with van der Waals surface area (Å²) in [7, 11) is 0. The fourth-order valence-electron chi connectivity index (χ4n) is 1.53. The van der Waals surface area contributed by atoms with Crippen LogP contribution in [-0.4, -0.2) is 22.8 Å². The predicted octanol–water partition coefficient (Wildman–Crippen LogP) is 4.20. The first kappa shape index (κ1) is 17.2. The lowest BCUT2D eigenvalue weighted by molar-refractivity contribution is -0.142. The Kier molecular flexibility index (Phi) is 5.04.